The number of rotatable bonds is 3. The van der Waals surface area contributed by atoms with E-state index in [1.54, 1.807) is 0 Å². The molecule has 0 fully saturated rings. The van der Waals surface area contributed by atoms with Gasteiger partial charge in [0.25, 0.3) is 0 Å². The molecule has 1 aromatic rings. The van der Waals surface area contributed by atoms with Gasteiger partial charge in [0.15, 0.2) is 0 Å². The maximum absolute atomic E-state index is 11.5. The van der Waals surface area contributed by atoms with E-state index >= 15 is 0 Å². The van der Waals surface area contributed by atoms with Crippen LogP contribution in [-0.2, 0) is 6.54 Å². The molecule has 0 aliphatic heterocycles. The summed E-state index contributed by atoms with van der Waals surface area (Å²) in [4.78, 5) is 11.5. The highest BCUT2D eigenvalue weighted by Gasteiger charge is 2.04. The Morgan fingerprint density at radius 3 is 2.78 bits per heavy atom. The standard InChI is InChI=1S/C14H18N2O2/c1-11(2)16-14(18)15-10-13-7-4-3-6-12(13)8-5-9-17/h3-4,6-7,11,17H,9-10H2,1-2H3,(H2,15,16,18). The molecule has 0 aliphatic carbocycles. The fraction of sp³-hybridized carbons (Fsp3) is 0.357. The quantitative estimate of drug-likeness (QED) is 0.703. The molecule has 0 heterocycles. The van der Waals surface area contributed by atoms with Crippen LogP contribution in [0, 0.1) is 11.8 Å². The molecular formula is C14H18N2O2. The summed E-state index contributed by atoms with van der Waals surface area (Å²) in [5, 5.41) is 14.2. The summed E-state index contributed by atoms with van der Waals surface area (Å²) in [7, 11) is 0. The Morgan fingerprint density at radius 1 is 1.39 bits per heavy atom. The number of carbonyl (C=O) groups is 1. The van der Waals surface area contributed by atoms with Crippen molar-refractivity contribution in [2.45, 2.75) is 26.4 Å². The van der Waals surface area contributed by atoms with Crippen LogP contribution in [0.25, 0.3) is 0 Å². The van der Waals surface area contributed by atoms with Crippen LogP contribution >= 0.6 is 0 Å². The number of hydrogen-bond donors (Lipinski definition) is 3. The van der Waals surface area contributed by atoms with Gasteiger partial charge in [-0.2, -0.15) is 0 Å². The van der Waals surface area contributed by atoms with Crippen LogP contribution in [0.15, 0.2) is 24.3 Å². The van der Waals surface area contributed by atoms with Crippen LogP contribution in [0.5, 0.6) is 0 Å². The number of urea groups is 1. The zero-order valence-corrected chi connectivity index (χ0v) is 10.7. The van der Waals surface area contributed by atoms with Gasteiger partial charge in [0.1, 0.15) is 6.61 Å². The SMILES string of the molecule is CC(C)NC(=O)NCc1ccccc1C#CCO. The van der Waals surface area contributed by atoms with Gasteiger partial charge in [0.2, 0.25) is 0 Å². The van der Waals surface area contributed by atoms with E-state index in [4.69, 9.17) is 5.11 Å². The van der Waals surface area contributed by atoms with Gasteiger partial charge < -0.3 is 15.7 Å². The molecule has 0 unspecified atom stereocenters. The number of hydrogen-bond acceptors (Lipinski definition) is 2. The van der Waals surface area contributed by atoms with Crippen LogP contribution in [0.3, 0.4) is 0 Å². The Balaban J connectivity index is 2.64. The van der Waals surface area contributed by atoms with Gasteiger partial charge >= 0.3 is 6.03 Å². The second kappa shape index (κ2) is 7.36. The van der Waals surface area contributed by atoms with E-state index in [0.717, 1.165) is 11.1 Å². The first-order valence-electron chi connectivity index (χ1n) is 5.85. The number of aliphatic hydroxyl groups is 1. The van der Waals surface area contributed by atoms with E-state index in [1.165, 1.54) is 0 Å². The lowest BCUT2D eigenvalue weighted by atomic mass is 10.1. The lowest BCUT2D eigenvalue weighted by Gasteiger charge is -2.10. The zero-order valence-electron chi connectivity index (χ0n) is 10.7. The van der Waals surface area contributed by atoms with Gasteiger partial charge in [-0.1, -0.05) is 30.0 Å². The van der Waals surface area contributed by atoms with Crippen molar-refractivity contribution in [2.24, 2.45) is 0 Å². The largest absolute Gasteiger partial charge is 0.384 e. The van der Waals surface area contributed by atoms with Crippen LogP contribution in [0.2, 0.25) is 0 Å². The van der Waals surface area contributed by atoms with Crippen molar-refractivity contribution in [1.29, 1.82) is 0 Å². The number of amides is 2. The molecule has 96 valence electrons. The molecule has 0 radical (unpaired) electrons. The molecule has 0 atom stereocenters. The van der Waals surface area contributed by atoms with Crippen LogP contribution in [0.1, 0.15) is 25.0 Å². The number of nitrogens with one attached hydrogen (secondary N) is 2. The molecule has 2 amide bonds. The fourth-order valence-corrected chi connectivity index (χ4v) is 1.42. The highest BCUT2D eigenvalue weighted by atomic mass is 16.2. The van der Waals surface area contributed by atoms with Crippen molar-refractivity contribution in [3.8, 4) is 11.8 Å². The smallest absolute Gasteiger partial charge is 0.315 e. The molecular weight excluding hydrogens is 228 g/mol. The molecule has 1 aromatic carbocycles. The van der Waals surface area contributed by atoms with Gasteiger partial charge in [-0.15, -0.1) is 0 Å². The number of carbonyl (C=O) groups excluding carboxylic acids is 1. The maximum atomic E-state index is 11.5. The molecule has 4 nitrogen and oxygen atoms in total. The summed E-state index contributed by atoms with van der Waals surface area (Å²) in [6.07, 6.45) is 0. The van der Waals surface area contributed by atoms with E-state index in [1.807, 2.05) is 38.1 Å². The summed E-state index contributed by atoms with van der Waals surface area (Å²) in [5.41, 5.74) is 1.74. The molecule has 1 rings (SSSR count). The van der Waals surface area contributed by atoms with Gasteiger partial charge in [-0.3, -0.25) is 0 Å². The van der Waals surface area contributed by atoms with Gasteiger partial charge in [0, 0.05) is 18.2 Å². The summed E-state index contributed by atoms with van der Waals surface area (Å²) in [6.45, 7) is 4.05. The van der Waals surface area contributed by atoms with Crippen molar-refractivity contribution in [3.63, 3.8) is 0 Å². The number of benzene rings is 1. The van der Waals surface area contributed by atoms with E-state index in [2.05, 4.69) is 22.5 Å². The minimum Gasteiger partial charge on any atom is -0.384 e. The molecule has 3 N–H and O–H groups in total. The average Bonchev–Trinajstić information content (AvgIpc) is 2.34. The maximum Gasteiger partial charge on any atom is 0.315 e. The van der Waals surface area contributed by atoms with Crippen LogP contribution in [-0.4, -0.2) is 23.8 Å². The third kappa shape index (κ3) is 4.89. The first-order valence-corrected chi connectivity index (χ1v) is 5.85. The van der Waals surface area contributed by atoms with Gasteiger partial charge in [-0.05, 0) is 25.5 Å². The Hall–Kier alpha value is -1.99. The second-order valence-corrected chi connectivity index (χ2v) is 4.10. The first kappa shape index (κ1) is 14.1. The Morgan fingerprint density at radius 2 is 2.11 bits per heavy atom. The Kier molecular flexibility index (Phi) is 5.75. The summed E-state index contributed by atoms with van der Waals surface area (Å²) >= 11 is 0. The van der Waals surface area contributed by atoms with E-state index in [0.29, 0.717) is 6.54 Å². The zero-order chi connectivity index (χ0) is 13.4. The predicted molar refractivity (Wildman–Crippen MR) is 70.9 cm³/mol. The van der Waals surface area contributed by atoms with Crippen molar-refractivity contribution < 1.29 is 9.90 Å². The summed E-state index contributed by atoms with van der Waals surface area (Å²) < 4.78 is 0. The minimum absolute atomic E-state index is 0.106. The molecule has 0 saturated heterocycles. The average molecular weight is 246 g/mol. The normalized spacial score (nSPS) is 9.56. The van der Waals surface area contributed by atoms with Gasteiger partial charge in [-0.25, -0.2) is 4.79 Å². The predicted octanol–water partition coefficient (Wildman–Crippen LogP) is 1.24. The lowest BCUT2D eigenvalue weighted by Crippen LogP contribution is -2.39. The molecule has 0 saturated carbocycles. The molecule has 4 heteroatoms. The molecule has 18 heavy (non-hydrogen) atoms. The highest BCUT2D eigenvalue weighted by Crippen LogP contribution is 2.06. The van der Waals surface area contributed by atoms with Crippen molar-refractivity contribution >= 4 is 6.03 Å². The minimum atomic E-state index is -0.199. The van der Waals surface area contributed by atoms with E-state index < -0.39 is 0 Å². The summed E-state index contributed by atoms with van der Waals surface area (Å²) in [5.74, 6) is 5.46. The Bertz CT molecular complexity index is 458. The van der Waals surface area contributed by atoms with Crippen molar-refractivity contribution in [2.75, 3.05) is 6.61 Å². The molecule has 0 spiro atoms. The third-order valence-corrected chi connectivity index (χ3v) is 2.18. The van der Waals surface area contributed by atoms with Crippen LogP contribution in [0.4, 0.5) is 4.79 Å². The number of aliphatic hydroxyl groups excluding tert-OH is 1. The van der Waals surface area contributed by atoms with Crippen molar-refractivity contribution in [3.05, 3.63) is 35.4 Å². The fourth-order valence-electron chi connectivity index (χ4n) is 1.42. The molecule has 0 aliphatic rings. The van der Waals surface area contributed by atoms with E-state index in [9.17, 15) is 4.79 Å². The van der Waals surface area contributed by atoms with E-state index in [-0.39, 0.29) is 18.7 Å². The lowest BCUT2D eigenvalue weighted by molar-refractivity contribution is 0.238. The van der Waals surface area contributed by atoms with Crippen molar-refractivity contribution in [1.82, 2.24) is 10.6 Å². The third-order valence-electron chi connectivity index (χ3n) is 2.18. The molecule has 0 aromatic heterocycles. The highest BCUT2D eigenvalue weighted by molar-refractivity contribution is 5.74. The monoisotopic (exact) mass is 246 g/mol. The molecule has 0 bridgehead atoms. The second-order valence-electron chi connectivity index (χ2n) is 4.10. The van der Waals surface area contributed by atoms with Crippen LogP contribution < -0.4 is 10.6 Å². The topological polar surface area (TPSA) is 61.4 Å². The first-order chi connectivity index (χ1) is 8.63. The van der Waals surface area contributed by atoms with Gasteiger partial charge in [0.05, 0.1) is 0 Å². The summed E-state index contributed by atoms with van der Waals surface area (Å²) in [6, 6.07) is 7.43. The Labute approximate surface area is 107 Å².